The molecule has 1 saturated carbocycles. The maximum Gasteiger partial charge on any atom is 0.153 e. The van der Waals surface area contributed by atoms with Crippen LogP contribution in [0.15, 0.2) is 0 Å². The van der Waals surface area contributed by atoms with Crippen molar-refractivity contribution in [3.05, 3.63) is 0 Å². The molecular weight excluding hydrogens is 152 g/mol. The van der Waals surface area contributed by atoms with Crippen molar-refractivity contribution in [1.29, 1.82) is 0 Å². The van der Waals surface area contributed by atoms with Gasteiger partial charge < -0.3 is 5.11 Å². The van der Waals surface area contributed by atoms with Crippen LogP contribution in [0.3, 0.4) is 0 Å². The maximum absolute atomic E-state index is 10.9. The highest BCUT2D eigenvalue weighted by Crippen LogP contribution is 2.25. The number of carbonyl (C=O) groups is 1. The van der Waals surface area contributed by atoms with E-state index < -0.39 is 11.5 Å². The molecule has 1 N–H and O–H groups in total. The fourth-order valence-electron chi connectivity index (χ4n) is 1.16. The van der Waals surface area contributed by atoms with Crippen LogP contribution in [0.5, 0.6) is 0 Å². The fourth-order valence-corrected chi connectivity index (χ4v) is 1.51. The lowest BCUT2D eigenvalue weighted by Gasteiger charge is -2.27. The first-order valence-electron chi connectivity index (χ1n) is 3.48. The highest BCUT2D eigenvalue weighted by molar-refractivity contribution is 6.31. The Hall–Kier alpha value is -0.0800. The van der Waals surface area contributed by atoms with Crippen LogP contribution in [-0.4, -0.2) is 22.4 Å². The quantitative estimate of drug-likeness (QED) is 0.539. The van der Waals surface area contributed by atoms with Crippen molar-refractivity contribution in [3.8, 4) is 0 Å². The summed E-state index contributed by atoms with van der Waals surface area (Å²) in [7, 11) is 0. The number of rotatable bonds is 0. The number of ketones is 1. The van der Waals surface area contributed by atoms with Gasteiger partial charge in [0.05, 0.1) is 6.10 Å². The Kier molecular flexibility index (Phi) is 2.32. The van der Waals surface area contributed by atoms with Gasteiger partial charge in [-0.3, -0.25) is 4.79 Å². The second-order valence-electron chi connectivity index (χ2n) is 2.87. The molecule has 0 radical (unpaired) electrons. The Morgan fingerprint density at radius 2 is 2.30 bits per heavy atom. The molecule has 58 valence electrons. The maximum atomic E-state index is 10.9. The van der Waals surface area contributed by atoms with Gasteiger partial charge in [0.1, 0.15) is 5.38 Å². The molecule has 0 saturated heterocycles. The van der Waals surface area contributed by atoms with Gasteiger partial charge in [-0.05, 0) is 12.3 Å². The summed E-state index contributed by atoms with van der Waals surface area (Å²) in [5, 5.41) is 8.60. The molecule has 3 atom stereocenters. The lowest BCUT2D eigenvalue weighted by atomic mass is 9.87. The number of hydrogen-bond acceptors (Lipinski definition) is 2. The number of Topliss-reactive ketones (excluding diaryl/α,β-unsaturated/α-hetero) is 1. The number of alkyl halides is 1. The summed E-state index contributed by atoms with van der Waals surface area (Å²) in [5.41, 5.74) is 0. The van der Waals surface area contributed by atoms with E-state index >= 15 is 0 Å². The molecule has 0 unspecified atom stereocenters. The SMILES string of the molecule is C[C@@H]1CCC(=O)[C@H](Cl)[C@H]1O. The summed E-state index contributed by atoms with van der Waals surface area (Å²) < 4.78 is 0. The Morgan fingerprint density at radius 1 is 1.70 bits per heavy atom. The van der Waals surface area contributed by atoms with Crippen molar-refractivity contribution in [2.24, 2.45) is 5.92 Å². The third kappa shape index (κ3) is 1.32. The van der Waals surface area contributed by atoms with Crippen LogP contribution in [0.2, 0.25) is 0 Å². The molecule has 0 aliphatic heterocycles. The molecule has 0 aromatic carbocycles. The van der Waals surface area contributed by atoms with Crippen LogP contribution < -0.4 is 0 Å². The number of hydrogen-bond donors (Lipinski definition) is 1. The van der Waals surface area contributed by atoms with Crippen molar-refractivity contribution in [2.75, 3.05) is 0 Å². The normalized spacial score (nSPS) is 41.9. The number of aliphatic hydroxyl groups is 1. The molecule has 10 heavy (non-hydrogen) atoms. The predicted octanol–water partition coefficient (Wildman–Crippen LogP) is 0.954. The zero-order chi connectivity index (χ0) is 7.72. The fraction of sp³-hybridized carbons (Fsp3) is 0.857. The predicted molar refractivity (Wildman–Crippen MR) is 39.1 cm³/mol. The number of carbonyl (C=O) groups excluding carboxylic acids is 1. The molecule has 3 heteroatoms. The van der Waals surface area contributed by atoms with Crippen LogP contribution >= 0.6 is 11.6 Å². The molecule has 0 bridgehead atoms. The van der Waals surface area contributed by atoms with Crippen molar-refractivity contribution >= 4 is 17.4 Å². The van der Waals surface area contributed by atoms with E-state index in [1.807, 2.05) is 6.92 Å². The highest BCUT2D eigenvalue weighted by atomic mass is 35.5. The lowest BCUT2D eigenvalue weighted by Crippen LogP contribution is -2.39. The smallest absolute Gasteiger partial charge is 0.153 e. The van der Waals surface area contributed by atoms with E-state index in [1.54, 1.807) is 0 Å². The summed E-state index contributed by atoms with van der Waals surface area (Å²) in [5.74, 6) is 0.146. The first-order valence-corrected chi connectivity index (χ1v) is 3.91. The zero-order valence-electron chi connectivity index (χ0n) is 5.88. The van der Waals surface area contributed by atoms with E-state index in [0.29, 0.717) is 6.42 Å². The third-order valence-electron chi connectivity index (χ3n) is 2.04. The van der Waals surface area contributed by atoms with Gasteiger partial charge in [-0.15, -0.1) is 11.6 Å². The minimum absolute atomic E-state index is 0.0210. The first kappa shape index (κ1) is 8.02. The van der Waals surface area contributed by atoms with Gasteiger partial charge in [0.15, 0.2) is 5.78 Å². The van der Waals surface area contributed by atoms with E-state index in [-0.39, 0.29) is 11.7 Å². The largest absolute Gasteiger partial charge is 0.391 e. The minimum Gasteiger partial charge on any atom is -0.391 e. The van der Waals surface area contributed by atoms with E-state index in [9.17, 15) is 9.90 Å². The monoisotopic (exact) mass is 162 g/mol. The molecule has 1 aliphatic rings. The Balaban J connectivity index is 2.60. The van der Waals surface area contributed by atoms with Gasteiger partial charge in [0.2, 0.25) is 0 Å². The zero-order valence-corrected chi connectivity index (χ0v) is 6.64. The Morgan fingerprint density at radius 3 is 2.80 bits per heavy atom. The second-order valence-corrected chi connectivity index (χ2v) is 3.34. The molecule has 0 heterocycles. The molecule has 1 rings (SSSR count). The summed E-state index contributed by atoms with van der Waals surface area (Å²) in [6, 6.07) is 0. The van der Waals surface area contributed by atoms with Gasteiger partial charge in [0, 0.05) is 6.42 Å². The van der Waals surface area contributed by atoms with Crippen LogP contribution in [0.25, 0.3) is 0 Å². The molecule has 2 nitrogen and oxygen atoms in total. The molecular formula is C7H11ClO2. The third-order valence-corrected chi connectivity index (χ3v) is 2.54. The van der Waals surface area contributed by atoms with Gasteiger partial charge >= 0.3 is 0 Å². The molecule has 1 aliphatic carbocycles. The topological polar surface area (TPSA) is 37.3 Å². The Labute approximate surface area is 65.2 Å². The first-order chi connectivity index (χ1) is 4.63. The molecule has 0 aromatic rings. The van der Waals surface area contributed by atoms with Gasteiger partial charge in [-0.1, -0.05) is 6.92 Å². The Bertz CT molecular complexity index is 147. The van der Waals surface area contributed by atoms with Crippen LogP contribution in [0, 0.1) is 5.92 Å². The van der Waals surface area contributed by atoms with E-state index in [4.69, 9.17) is 11.6 Å². The van der Waals surface area contributed by atoms with Gasteiger partial charge in [-0.25, -0.2) is 0 Å². The molecule has 0 aromatic heterocycles. The van der Waals surface area contributed by atoms with E-state index in [2.05, 4.69) is 0 Å². The number of aliphatic hydroxyl groups excluding tert-OH is 1. The molecule has 0 amide bonds. The van der Waals surface area contributed by atoms with Crippen molar-refractivity contribution < 1.29 is 9.90 Å². The number of halogens is 1. The van der Waals surface area contributed by atoms with Crippen molar-refractivity contribution in [3.63, 3.8) is 0 Å². The minimum atomic E-state index is -0.663. The van der Waals surface area contributed by atoms with Crippen LogP contribution in [0.4, 0.5) is 0 Å². The summed E-state index contributed by atoms with van der Waals surface area (Å²) in [6.45, 7) is 1.91. The van der Waals surface area contributed by atoms with E-state index in [0.717, 1.165) is 6.42 Å². The van der Waals surface area contributed by atoms with Crippen LogP contribution in [-0.2, 0) is 4.79 Å². The average molecular weight is 163 g/mol. The van der Waals surface area contributed by atoms with Gasteiger partial charge in [-0.2, -0.15) is 0 Å². The van der Waals surface area contributed by atoms with E-state index in [1.165, 1.54) is 0 Å². The lowest BCUT2D eigenvalue weighted by molar-refractivity contribution is -0.123. The molecule has 0 spiro atoms. The summed E-state index contributed by atoms with van der Waals surface area (Å²) >= 11 is 5.61. The summed E-state index contributed by atoms with van der Waals surface area (Å²) in [6.07, 6.45) is 0.651. The average Bonchev–Trinajstić information content (AvgIpc) is 1.93. The van der Waals surface area contributed by atoms with Crippen LogP contribution in [0.1, 0.15) is 19.8 Å². The second kappa shape index (κ2) is 2.89. The molecule has 1 fully saturated rings. The van der Waals surface area contributed by atoms with Gasteiger partial charge in [0.25, 0.3) is 0 Å². The highest BCUT2D eigenvalue weighted by Gasteiger charge is 2.33. The standard InChI is InChI=1S/C7H11ClO2/c1-4-2-3-5(9)6(8)7(4)10/h4,6-7,10H,2-3H2,1H3/t4-,6+,7+/m1/s1. The van der Waals surface area contributed by atoms with Crippen molar-refractivity contribution in [1.82, 2.24) is 0 Å². The van der Waals surface area contributed by atoms with Crippen molar-refractivity contribution in [2.45, 2.75) is 31.2 Å². The summed E-state index contributed by atoms with van der Waals surface area (Å²) in [4.78, 5) is 10.9.